The molecular formula is C16H21NO. The highest BCUT2D eigenvalue weighted by molar-refractivity contribution is 6.03. The lowest BCUT2D eigenvalue weighted by atomic mass is 10.0. The van der Waals surface area contributed by atoms with Gasteiger partial charge < -0.3 is 4.90 Å². The van der Waals surface area contributed by atoms with Crippen molar-refractivity contribution >= 4 is 11.9 Å². The Balaban J connectivity index is 2.13. The maximum absolute atomic E-state index is 12.2. The fourth-order valence-electron chi connectivity index (χ4n) is 2.57. The second-order valence-electron chi connectivity index (χ2n) is 5.45. The molecular weight excluding hydrogens is 222 g/mol. The van der Waals surface area contributed by atoms with Gasteiger partial charge in [-0.15, -0.1) is 0 Å². The second-order valence-corrected chi connectivity index (χ2v) is 5.45. The van der Waals surface area contributed by atoms with Crippen LogP contribution in [0.4, 0.5) is 0 Å². The van der Waals surface area contributed by atoms with Crippen LogP contribution in [0.15, 0.2) is 29.8 Å². The van der Waals surface area contributed by atoms with Crippen LogP contribution in [0.25, 0.3) is 6.08 Å². The SMILES string of the molecule is Cc1cccc(C=C2CCC(CN(C)C)C2=O)c1. The molecule has 0 aliphatic heterocycles. The maximum Gasteiger partial charge on any atom is 0.163 e. The van der Waals surface area contributed by atoms with E-state index in [2.05, 4.69) is 36.1 Å². The van der Waals surface area contributed by atoms with Crippen LogP contribution in [0.3, 0.4) is 0 Å². The first kappa shape index (κ1) is 13.0. The summed E-state index contributed by atoms with van der Waals surface area (Å²) >= 11 is 0. The molecule has 2 rings (SSSR count). The molecule has 96 valence electrons. The van der Waals surface area contributed by atoms with Crippen molar-refractivity contribution < 1.29 is 4.79 Å². The largest absolute Gasteiger partial charge is 0.309 e. The summed E-state index contributed by atoms with van der Waals surface area (Å²) < 4.78 is 0. The first-order valence-electron chi connectivity index (χ1n) is 6.52. The summed E-state index contributed by atoms with van der Waals surface area (Å²) in [4.78, 5) is 14.3. The highest BCUT2D eigenvalue weighted by atomic mass is 16.1. The van der Waals surface area contributed by atoms with Crippen LogP contribution in [0, 0.1) is 12.8 Å². The minimum atomic E-state index is 0.191. The summed E-state index contributed by atoms with van der Waals surface area (Å²) in [6.45, 7) is 2.94. The first-order chi connectivity index (χ1) is 8.56. The van der Waals surface area contributed by atoms with Gasteiger partial charge in [0.25, 0.3) is 0 Å². The fraction of sp³-hybridized carbons (Fsp3) is 0.438. The van der Waals surface area contributed by atoms with E-state index in [0.29, 0.717) is 5.78 Å². The van der Waals surface area contributed by atoms with E-state index in [1.54, 1.807) is 0 Å². The van der Waals surface area contributed by atoms with Crippen LogP contribution in [0.2, 0.25) is 0 Å². The molecule has 1 atom stereocenters. The van der Waals surface area contributed by atoms with Gasteiger partial charge in [0.15, 0.2) is 5.78 Å². The Labute approximate surface area is 109 Å². The Morgan fingerprint density at radius 2 is 2.17 bits per heavy atom. The van der Waals surface area contributed by atoms with Crippen LogP contribution in [-0.2, 0) is 4.79 Å². The van der Waals surface area contributed by atoms with E-state index in [4.69, 9.17) is 0 Å². The molecule has 0 N–H and O–H groups in total. The summed E-state index contributed by atoms with van der Waals surface area (Å²) in [6, 6.07) is 8.30. The minimum Gasteiger partial charge on any atom is -0.309 e. The quantitative estimate of drug-likeness (QED) is 0.761. The first-order valence-corrected chi connectivity index (χ1v) is 6.52. The molecule has 1 aliphatic rings. The zero-order valence-corrected chi connectivity index (χ0v) is 11.4. The monoisotopic (exact) mass is 243 g/mol. The smallest absolute Gasteiger partial charge is 0.163 e. The molecule has 0 heterocycles. The lowest BCUT2D eigenvalue weighted by molar-refractivity contribution is -0.118. The third-order valence-electron chi connectivity index (χ3n) is 3.42. The van der Waals surface area contributed by atoms with E-state index in [1.165, 1.54) is 5.56 Å². The number of hydrogen-bond acceptors (Lipinski definition) is 2. The number of allylic oxidation sites excluding steroid dienone is 1. The Morgan fingerprint density at radius 1 is 1.39 bits per heavy atom. The lowest BCUT2D eigenvalue weighted by Crippen LogP contribution is -2.24. The third kappa shape index (κ3) is 3.08. The Kier molecular flexibility index (Phi) is 3.97. The van der Waals surface area contributed by atoms with Gasteiger partial charge in [-0.2, -0.15) is 0 Å². The molecule has 0 spiro atoms. The van der Waals surface area contributed by atoms with Crippen molar-refractivity contribution in [3.8, 4) is 0 Å². The summed E-state index contributed by atoms with van der Waals surface area (Å²) in [7, 11) is 4.05. The third-order valence-corrected chi connectivity index (χ3v) is 3.42. The molecule has 0 radical (unpaired) electrons. The zero-order chi connectivity index (χ0) is 13.1. The number of nitrogens with zero attached hydrogens (tertiary/aromatic N) is 1. The highest BCUT2D eigenvalue weighted by Gasteiger charge is 2.29. The van der Waals surface area contributed by atoms with E-state index in [1.807, 2.05) is 20.2 Å². The van der Waals surface area contributed by atoms with Gasteiger partial charge in [0, 0.05) is 12.5 Å². The normalized spacial score (nSPS) is 22.1. The Hall–Kier alpha value is -1.41. The molecule has 2 heteroatoms. The van der Waals surface area contributed by atoms with E-state index < -0.39 is 0 Å². The molecule has 0 aromatic heterocycles. The number of hydrogen-bond donors (Lipinski definition) is 0. The van der Waals surface area contributed by atoms with Gasteiger partial charge in [-0.25, -0.2) is 0 Å². The predicted octanol–water partition coefficient (Wildman–Crippen LogP) is 2.92. The van der Waals surface area contributed by atoms with Crippen LogP contribution >= 0.6 is 0 Å². The van der Waals surface area contributed by atoms with Gasteiger partial charge >= 0.3 is 0 Å². The van der Waals surface area contributed by atoms with E-state index >= 15 is 0 Å². The van der Waals surface area contributed by atoms with Crippen molar-refractivity contribution in [1.29, 1.82) is 0 Å². The molecule has 0 bridgehead atoms. The maximum atomic E-state index is 12.2. The molecule has 1 saturated carbocycles. The molecule has 1 unspecified atom stereocenters. The van der Waals surface area contributed by atoms with E-state index in [9.17, 15) is 4.79 Å². The van der Waals surface area contributed by atoms with Crippen LogP contribution < -0.4 is 0 Å². The van der Waals surface area contributed by atoms with Crippen molar-refractivity contribution in [2.24, 2.45) is 5.92 Å². The van der Waals surface area contributed by atoms with Gasteiger partial charge in [-0.05, 0) is 51.1 Å². The van der Waals surface area contributed by atoms with Gasteiger partial charge in [0.2, 0.25) is 0 Å². The van der Waals surface area contributed by atoms with Crippen molar-refractivity contribution in [3.05, 3.63) is 41.0 Å². The van der Waals surface area contributed by atoms with E-state index in [0.717, 1.165) is 30.5 Å². The molecule has 1 fully saturated rings. The van der Waals surface area contributed by atoms with Gasteiger partial charge in [-0.1, -0.05) is 29.8 Å². The molecule has 0 saturated heterocycles. The number of Topliss-reactive ketones (excluding diaryl/α,β-unsaturated/α-hetero) is 1. The summed E-state index contributed by atoms with van der Waals surface area (Å²) in [6.07, 6.45) is 3.98. The Bertz CT molecular complexity index is 474. The molecule has 18 heavy (non-hydrogen) atoms. The molecule has 1 aliphatic carbocycles. The fourth-order valence-corrected chi connectivity index (χ4v) is 2.57. The highest BCUT2D eigenvalue weighted by Crippen LogP contribution is 2.28. The van der Waals surface area contributed by atoms with Crippen LogP contribution in [0.5, 0.6) is 0 Å². The molecule has 1 aromatic carbocycles. The number of carbonyl (C=O) groups is 1. The van der Waals surface area contributed by atoms with Gasteiger partial charge in [-0.3, -0.25) is 4.79 Å². The van der Waals surface area contributed by atoms with Crippen molar-refractivity contribution in [2.45, 2.75) is 19.8 Å². The van der Waals surface area contributed by atoms with Crippen molar-refractivity contribution in [2.75, 3.05) is 20.6 Å². The predicted molar refractivity (Wildman–Crippen MR) is 75.4 cm³/mol. The van der Waals surface area contributed by atoms with Crippen LogP contribution in [0.1, 0.15) is 24.0 Å². The number of ketones is 1. The second kappa shape index (κ2) is 5.49. The number of carbonyl (C=O) groups excluding carboxylic acids is 1. The zero-order valence-electron chi connectivity index (χ0n) is 11.4. The van der Waals surface area contributed by atoms with E-state index in [-0.39, 0.29) is 5.92 Å². The standard InChI is InChI=1S/C16H21NO/c1-12-5-4-6-13(9-12)10-14-7-8-15(16(14)18)11-17(2)3/h4-6,9-10,15H,7-8,11H2,1-3H3. The van der Waals surface area contributed by atoms with Crippen LogP contribution in [-0.4, -0.2) is 31.3 Å². The topological polar surface area (TPSA) is 20.3 Å². The molecule has 0 amide bonds. The number of benzene rings is 1. The van der Waals surface area contributed by atoms with Gasteiger partial charge in [0.05, 0.1) is 0 Å². The molecule has 2 nitrogen and oxygen atoms in total. The number of rotatable bonds is 3. The summed E-state index contributed by atoms with van der Waals surface area (Å²) in [5, 5.41) is 0. The minimum absolute atomic E-state index is 0.191. The number of aryl methyl sites for hydroxylation is 1. The van der Waals surface area contributed by atoms with Gasteiger partial charge in [0.1, 0.15) is 0 Å². The average molecular weight is 243 g/mol. The average Bonchev–Trinajstić information content (AvgIpc) is 2.61. The summed E-state index contributed by atoms with van der Waals surface area (Å²) in [5.41, 5.74) is 3.37. The molecule has 1 aromatic rings. The summed E-state index contributed by atoms with van der Waals surface area (Å²) in [5.74, 6) is 0.529. The lowest BCUT2D eigenvalue weighted by Gasteiger charge is -2.13. The Morgan fingerprint density at radius 3 is 2.83 bits per heavy atom. The van der Waals surface area contributed by atoms with Crippen molar-refractivity contribution in [1.82, 2.24) is 4.90 Å². The van der Waals surface area contributed by atoms with Crippen molar-refractivity contribution in [3.63, 3.8) is 0 Å².